The van der Waals surface area contributed by atoms with Crippen molar-refractivity contribution < 1.29 is 46.7 Å². The van der Waals surface area contributed by atoms with Crippen molar-refractivity contribution in [3.63, 3.8) is 0 Å². The van der Waals surface area contributed by atoms with E-state index in [1.807, 2.05) is 0 Å². The highest BCUT2D eigenvalue weighted by atomic mass is 32.2. The van der Waals surface area contributed by atoms with E-state index in [0.717, 1.165) is 0 Å². The van der Waals surface area contributed by atoms with Gasteiger partial charge in [0, 0.05) is 24.6 Å². The van der Waals surface area contributed by atoms with Crippen molar-refractivity contribution in [2.45, 2.75) is 37.4 Å². The Morgan fingerprint density at radius 1 is 1.13 bits per heavy atom. The summed E-state index contributed by atoms with van der Waals surface area (Å²) in [6.45, 7) is -0.737. The summed E-state index contributed by atoms with van der Waals surface area (Å²) in [5.41, 5.74) is 7.12. The number of anilines is 1. The third kappa shape index (κ3) is 6.21. The first-order valence-corrected chi connectivity index (χ1v) is 12.9. The number of carbonyl (C=O) groups is 3. The summed E-state index contributed by atoms with van der Waals surface area (Å²) in [6.07, 6.45) is -3.59. The summed E-state index contributed by atoms with van der Waals surface area (Å²) in [7, 11) is -3.45. The van der Waals surface area contributed by atoms with Crippen LogP contribution in [0.3, 0.4) is 0 Å². The van der Waals surface area contributed by atoms with Crippen LogP contribution < -0.4 is 10.5 Å². The van der Waals surface area contributed by atoms with Crippen LogP contribution in [0.4, 0.5) is 5.69 Å². The summed E-state index contributed by atoms with van der Waals surface area (Å²) in [5, 5.41) is 20.8. The van der Waals surface area contributed by atoms with Crippen molar-refractivity contribution in [1.82, 2.24) is 19.3 Å². The topological polar surface area (TPSA) is 222 Å². The molecule has 1 saturated heterocycles. The molecular weight excluding hydrogens is 538 g/mol. The Morgan fingerprint density at radius 3 is 2.62 bits per heavy atom. The normalized spacial score (nSPS) is 21.1. The number of hydrogen-bond acceptors (Lipinski definition) is 13. The van der Waals surface area contributed by atoms with Crippen LogP contribution in [-0.2, 0) is 28.8 Å². The number of ether oxygens (including phenoxy) is 2. The number of rotatable bonds is 10. The number of nitrogens with two attached hydrogens (primary N) is 1. The Bertz CT molecular complexity index is 1510. The molecule has 5 N–H and O–H groups in total. The lowest BCUT2D eigenvalue weighted by Gasteiger charge is -2.16. The minimum Gasteiger partial charge on any atom is -0.465 e. The Morgan fingerprint density at radius 2 is 1.87 bits per heavy atom. The standard InChI is InChI=1S/C23H25N5O10S/c1-36-23(33)13-4-2-3-12(9-13)15(29)5-6-17(30)27-39(34,35)37-10-16-19(31)20(32)22(38-16)28-11-26-18-14(24)7-8-25-21(18)28/h2-4,7-9,11,16,19-20,22,31-32H,5-6,10H2,1H3,(H2,24,25)(H,27,30)/t16-,19-,20-,22-/m1/s1. The molecule has 0 aliphatic carbocycles. The average Bonchev–Trinajstić information content (AvgIpc) is 3.47. The zero-order valence-corrected chi connectivity index (χ0v) is 21.3. The van der Waals surface area contributed by atoms with Gasteiger partial charge in [-0.15, -0.1) is 0 Å². The first-order valence-electron chi connectivity index (χ1n) is 11.5. The van der Waals surface area contributed by atoms with Gasteiger partial charge in [-0.2, -0.15) is 8.42 Å². The van der Waals surface area contributed by atoms with E-state index >= 15 is 0 Å². The Labute approximate surface area is 221 Å². The zero-order valence-electron chi connectivity index (χ0n) is 20.5. The number of benzene rings is 1. The zero-order chi connectivity index (χ0) is 28.3. The van der Waals surface area contributed by atoms with E-state index < -0.39 is 65.5 Å². The Hall–Kier alpha value is -3.96. The number of Topliss-reactive ketones (excluding diaryl/α,β-unsaturated/α-hetero) is 1. The Balaban J connectivity index is 1.30. The van der Waals surface area contributed by atoms with E-state index in [1.54, 1.807) is 4.72 Å². The number of nitrogens with zero attached hydrogens (tertiary/aromatic N) is 3. The van der Waals surface area contributed by atoms with Gasteiger partial charge >= 0.3 is 16.3 Å². The number of ketones is 1. The van der Waals surface area contributed by atoms with Crippen LogP contribution in [0.25, 0.3) is 11.2 Å². The second-order valence-electron chi connectivity index (χ2n) is 8.53. The van der Waals surface area contributed by atoms with Gasteiger partial charge in [-0.25, -0.2) is 19.5 Å². The maximum absolute atomic E-state index is 12.4. The first-order chi connectivity index (χ1) is 18.5. The number of pyridine rings is 1. The summed E-state index contributed by atoms with van der Waals surface area (Å²) in [6, 6.07) is 7.21. The van der Waals surface area contributed by atoms with Crippen molar-refractivity contribution in [2.75, 3.05) is 19.5 Å². The van der Waals surface area contributed by atoms with Crippen LogP contribution >= 0.6 is 0 Å². The third-order valence-corrected chi connectivity index (χ3v) is 6.84. The van der Waals surface area contributed by atoms with Gasteiger partial charge in [-0.05, 0) is 18.2 Å². The number of methoxy groups -OCH3 is 1. The molecular formula is C23H25N5O10S. The van der Waals surface area contributed by atoms with Crippen LogP contribution in [0.5, 0.6) is 0 Å². The fourth-order valence-electron chi connectivity index (χ4n) is 3.92. The van der Waals surface area contributed by atoms with Crippen LogP contribution in [-0.4, -0.2) is 82.9 Å². The van der Waals surface area contributed by atoms with Gasteiger partial charge in [0.1, 0.15) is 23.8 Å². The van der Waals surface area contributed by atoms with Gasteiger partial charge in [-0.3, -0.25) is 18.3 Å². The molecule has 3 aromatic rings. The minimum absolute atomic E-state index is 0.147. The number of aliphatic hydroxyl groups is 2. The van der Waals surface area contributed by atoms with Crippen LogP contribution in [0.15, 0.2) is 42.9 Å². The lowest BCUT2D eigenvalue weighted by molar-refractivity contribution is -0.119. The molecule has 1 aliphatic heterocycles. The van der Waals surface area contributed by atoms with E-state index in [2.05, 4.69) is 14.7 Å². The average molecular weight is 564 g/mol. The highest BCUT2D eigenvalue weighted by molar-refractivity contribution is 7.85. The quantitative estimate of drug-likeness (QED) is 0.180. The number of aliphatic hydroxyl groups excluding tert-OH is 2. The second kappa shape index (κ2) is 11.4. The highest BCUT2D eigenvalue weighted by Crippen LogP contribution is 2.32. The molecule has 4 rings (SSSR count). The molecule has 2 aromatic heterocycles. The van der Waals surface area contributed by atoms with Gasteiger partial charge < -0.3 is 25.4 Å². The predicted molar refractivity (Wildman–Crippen MR) is 132 cm³/mol. The number of aromatic nitrogens is 3. The summed E-state index contributed by atoms with van der Waals surface area (Å²) < 4.78 is 42.5. The molecule has 1 amide bonds. The van der Waals surface area contributed by atoms with Gasteiger partial charge in [0.15, 0.2) is 17.7 Å². The second-order valence-corrected chi connectivity index (χ2v) is 9.88. The number of imidazole rings is 1. The molecule has 208 valence electrons. The molecule has 4 atom stereocenters. The first kappa shape index (κ1) is 28.1. The molecule has 1 aromatic carbocycles. The van der Waals surface area contributed by atoms with E-state index in [-0.39, 0.29) is 23.2 Å². The van der Waals surface area contributed by atoms with E-state index in [0.29, 0.717) is 11.2 Å². The van der Waals surface area contributed by atoms with Crippen molar-refractivity contribution in [3.05, 3.63) is 54.0 Å². The number of fused-ring (bicyclic) bond motifs is 1. The number of nitrogen functional groups attached to an aromatic ring is 1. The van der Waals surface area contributed by atoms with E-state index in [1.165, 1.54) is 54.5 Å². The van der Waals surface area contributed by atoms with Crippen molar-refractivity contribution in [1.29, 1.82) is 0 Å². The fraction of sp³-hybridized carbons (Fsp3) is 0.348. The summed E-state index contributed by atoms with van der Waals surface area (Å²) in [5.74, 6) is -2.16. The van der Waals surface area contributed by atoms with E-state index in [9.17, 15) is 33.0 Å². The summed E-state index contributed by atoms with van der Waals surface area (Å²) in [4.78, 5) is 44.4. The van der Waals surface area contributed by atoms with Crippen LogP contribution in [0.1, 0.15) is 39.8 Å². The van der Waals surface area contributed by atoms with Crippen molar-refractivity contribution in [3.8, 4) is 0 Å². The number of hydrogen-bond donors (Lipinski definition) is 4. The SMILES string of the molecule is COC(=O)c1cccc(C(=O)CCC(=O)NS(=O)(=O)OC[C@H]2O[C@@H](n3cnc4c(N)ccnc43)[C@H](O)[C@@H]2O)c1. The molecule has 39 heavy (non-hydrogen) atoms. The van der Waals surface area contributed by atoms with Crippen molar-refractivity contribution >= 4 is 44.8 Å². The molecule has 3 heterocycles. The molecule has 1 aliphatic rings. The van der Waals surface area contributed by atoms with Gasteiger partial charge in [0.2, 0.25) is 5.91 Å². The molecule has 0 bridgehead atoms. The van der Waals surface area contributed by atoms with E-state index in [4.69, 9.17) is 14.7 Å². The third-order valence-electron chi connectivity index (χ3n) is 5.91. The lowest BCUT2D eigenvalue weighted by atomic mass is 10.0. The molecule has 16 heteroatoms. The summed E-state index contributed by atoms with van der Waals surface area (Å²) >= 11 is 0. The van der Waals surface area contributed by atoms with Crippen LogP contribution in [0.2, 0.25) is 0 Å². The maximum Gasteiger partial charge on any atom is 0.362 e. The number of carbonyl (C=O) groups excluding carboxylic acids is 3. The monoisotopic (exact) mass is 563 g/mol. The Kier molecular flexibility index (Phi) is 8.22. The fourth-order valence-corrected chi connectivity index (χ4v) is 4.67. The number of amides is 1. The van der Waals surface area contributed by atoms with Gasteiger partial charge in [0.25, 0.3) is 0 Å². The lowest BCUT2D eigenvalue weighted by Crippen LogP contribution is -2.37. The van der Waals surface area contributed by atoms with Crippen molar-refractivity contribution in [2.24, 2.45) is 0 Å². The molecule has 15 nitrogen and oxygen atoms in total. The largest absolute Gasteiger partial charge is 0.465 e. The van der Waals surface area contributed by atoms with Crippen LogP contribution in [0, 0.1) is 0 Å². The minimum atomic E-state index is -4.65. The number of nitrogens with one attached hydrogen (secondary N) is 1. The molecule has 0 spiro atoms. The predicted octanol–water partition coefficient (Wildman–Crippen LogP) is -0.540. The molecule has 1 fully saturated rings. The molecule has 0 unspecified atom stereocenters. The maximum atomic E-state index is 12.4. The molecule has 0 saturated carbocycles. The molecule has 0 radical (unpaired) electrons. The highest BCUT2D eigenvalue weighted by Gasteiger charge is 2.45. The smallest absolute Gasteiger partial charge is 0.362 e. The van der Waals surface area contributed by atoms with Gasteiger partial charge in [0.05, 0.1) is 31.3 Å². The van der Waals surface area contributed by atoms with Gasteiger partial charge in [-0.1, -0.05) is 12.1 Å². The number of esters is 1.